The van der Waals surface area contributed by atoms with Crippen molar-refractivity contribution in [2.24, 2.45) is 0 Å². The average Bonchev–Trinajstić information content (AvgIpc) is 2.82. The number of nitrogens with zero attached hydrogens (tertiary/aromatic N) is 4. The molecule has 3 aromatic rings. The van der Waals surface area contributed by atoms with E-state index in [2.05, 4.69) is 15.1 Å². The van der Waals surface area contributed by atoms with Crippen LogP contribution in [0.3, 0.4) is 0 Å². The van der Waals surface area contributed by atoms with E-state index in [1.54, 1.807) is 19.5 Å². The molecule has 0 saturated carbocycles. The van der Waals surface area contributed by atoms with Gasteiger partial charge in [-0.2, -0.15) is 5.10 Å². The molecular weight excluding hydrogens is 228 g/mol. The first kappa shape index (κ1) is 10.7. The highest BCUT2D eigenvalue weighted by atomic mass is 16.5. The molecule has 3 rings (SSSR count). The number of ether oxygens (including phenoxy) is 1. The Labute approximate surface area is 104 Å². The van der Waals surface area contributed by atoms with E-state index in [0.717, 1.165) is 16.8 Å². The fourth-order valence-electron chi connectivity index (χ4n) is 1.92. The molecule has 0 amide bonds. The van der Waals surface area contributed by atoms with Crippen LogP contribution in [-0.4, -0.2) is 26.7 Å². The summed E-state index contributed by atoms with van der Waals surface area (Å²) >= 11 is 0. The van der Waals surface area contributed by atoms with Gasteiger partial charge in [-0.05, 0) is 19.1 Å². The average molecular weight is 240 g/mol. The Balaban J connectivity index is 2.29. The fourth-order valence-corrected chi connectivity index (χ4v) is 1.92. The van der Waals surface area contributed by atoms with Gasteiger partial charge in [0, 0.05) is 11.8 Å². The first-order valence-corrected chi connectivity index (χ1v) is 5.60. The molecule has 0 aliphatic rings. The smallest absolute Gasteiger partial charge is 0.163 e. The van der Waals surface area contributed by atoms with Gasteiger partial charge < -0.3 is 4.74 Å². The van der Waals surface area contributed by atoms with Crippen molar-refractivity contribution >= 4 is 5.52 Å². The molecule has 0 N–H and O–H groups in total. The summed E-state index contributed by atoms with van der Waals surface area (Å²) in [6.07, 6.45) is 5.38. The summed E-state index contributed by atoms with van der Waals surface area (Å²) in [5.74, 6) is 1.36. The lowest BCUT2D eigenvalue weighted by atomic mass is 10.2. The van der Waals surface area contributed by atoms with Crippen molar-refractivity contribution in [1.29, 1.82) is 0 Å². The van der Waals surface area contributed by atoms with Gasteiger partial charge in [-0.3, -0.25) is 0 Å². The molecule has 0 aromatic carbocycles. The number of hydrogen-bond donors (Lipinski definition) is 0. The summed E-state index contributed by atoms with van der Waals surface area (Å²) in [5, 5.41) is 4.30. The molecule has 90 valence electrons. The van der Waals surface area contributed by atoms with E-state index in [9.17, 15) is 0 Å². The molecule has 0 aliphatic heterocycles. The van der Waals surface area contributed by atoms with E-state index >= 15 is 0 Å². The molecule has 0 atom stereocenters. The second kappa shape index (κ2) is 4.10. The zero-order valence-electron chi connectivity index (χ0n) is 10.2. The van der Waals surface area contributed by atoms with Crippen LogP contribution in [0.15, 0.2) is 36.8 Å². The number of aryl methyl sites for hydroxylation is 1. The summed E-state index contributed by atoms with van der Waals surface area (Å²) in [4.78, 5) is 8.58. The molecule has 5 heteroatoms. The normalized spacial score (nSPS) is 10.8. The van der Waals surface area contributed by atoms with E-state index in [1.165, 1.54) is 0 Å². The standard InChI is InChI=1S/C13H12N4O/c1-9-14-8-12(18-2)13(16-9)10-7-15-17-6-4-3-5-11(10)17/h3-8H,1-2H3. The van der Waals surface area contributed by atoms with Crippen LogP contribution in [0.1, 0.15) is 5.82 Å². The maximum Gasteiger partial charge on any atom is 0.163 e. The molecule has 0 fully saturated rings. The molecule has 0 aliphatic carbocycles. The van der Waals surface area contributed by atoms with E-state index in [0.29, 0.717) is 11.6 Å². The van der Waals surface area contributed by atoms with Crippen LogP contribution < -0.4 is 4.74 Å². The van der Waals surface area contributed by atoms with Crippen molar-refractivity contribution in [1.82, 2.24) is 19.6 Å². The minimum absolute atomic E-state index is 0.652. The van der Waals surface area contributed by atoms with E-state index in [1.807, 2.05) is 35.8 Å². The highest BCUT2D eigenvalue weighted by molar-refractivity contribution is 5.80. The zero-order chi connectivity index (χ0) is 12.5. The van der Waals surface area contributed by atoms with Gasteiger partial charge in [0.1, 0.15) is 11.5 Å². The maximum atomic E-state index is 5.31. The van der Waals surface area contributed by atoms with Gasteiger partial charge in [0.2, 0.25) is 0 Å². The van der Waals surface area contributed by atoms with Crippen LogP contribution >= 0.6 is 0 Å². The summed E-state index contributed by atoms with van der Waals surface area (Å²) < 4.78 is 7.12. The van der Waals surface area contributed by atoms with Crippen molar-refractivity contribution in [3.8, 4) is 17.0 Å². The summed E-state index contributed by atoms with van der Waals surface area (Å²) in [6.45, 7) is 1.86. The quantitative estimate of drug-likeness (QED) is 0.688. The first-order chi connectivity index (χ1) is 8.79. The lowest BCUT2D eigenvalue weighted by Gasteiger charge is -2.06. The first-order valence-electron chi connectivity index (χ1n) is 5.60. The Hall–Kier alpha value is -2.43. The van der Waals surface area contributed by atoms with Crippen molar-refractivity contribution in [3.05, 3.63) is 42.6 Å². The largest absolute Gasteiger partial charge is 0.493 e. The van der Waals surface area contributed by atoms with Gasteiger partial charge >= 0.3 is 0 Å². The zero-order valence-corrected chi connectivity index (χ0v) is 10.2. The van der Waals surface area contributed by atoms with Crippen LogP contribution in [0.2, 0.25) is 0 Å². The van der Waals surface area contributed by atoms with Crippen molar-refractivity contribution in [3.63, 3.8) is 0 Å². The van der Waals surface area contributed by atoms with Gasteiger partial charge in [0.25, 0.3) is 0 Å². The Morgan fingerprint density at radius 3 is 2.94 bits per heavy atom. The minimum atomic E-state index is 0.652. The minimum Gasteiger partial charge on any atom is -0.493 e. The highest BCUT2D eigenvalue weighted by Gasteiger charge is 2.13. The second-order valence-corrected chi connectivity index (χ2v) is 3.92. The molecule has 3 aromatic heterocycles. The molecule has 0 radical (unpaired) electrons. The fraction of sp³-hybridized carbons (Fsp3) is 0.154. The van der Waals surface area contributed by atoms with E-state index in [-0.39, 0.29) is 0 Å². The van der Waals surface area contributed by atoms with Gasteiger partial charge in [-0.25, -0.2) is 14.5 Å². The number of aromatic nitrogens is 4. The number of rotatable bonds is 2. The lowest BCUT2D eigenvalue weighted by Crippen LogP contribution is -1.95. The summed E-state index contributed by atoms with van der Waals surface area (Å²) in [7, 11) is 1.61. The van der Waals surface area contributed by atoms with Crippen molar-refractivity contribution in [2.45, 2.75) is 6.92 Å². The Morgan fingerprint density at radius 1 is 1.22 bits per heavy atom. The van der Waals surface area contributed by atoms with Gasteiger partial charge in [-0.15, -0.1) is 0 Å². The van der Waals surface area contributed by atoms with E-state index < -0.39 is 0 Å². The summed E-state index contributed by atoms with van der Waals surface area (Å²) in [6, 6.07) is 5.91. The topological polar surface area (TPSA) is 52.3 Å². The third-order valence-corrected chi connectivity index (χ3v) is 2.78. The van der Waals surface area contributed by atoms with Gasteiger partial charge in [0.05, 0.1) is 25.0 Å². The molecule has 0 saturated heterocycles. The highest BCUT2D eigenvalue weighted by Crippen LogP contribution is 2.30. The second-order valence-electron chi connectivity index (χ2n) is 3.92. The summed E-state index contributed by atoms with van der Waals surface area (Å²) in [5.41, 5.74) is 2.71. The van der Waals surface area contributed by atoms with Crippen LogP contribution in [0.4, 0.5) is 0 Å². The molecule has 0 spiro atoms. The molecule has 0 bridgehead atoms. The van der Waals surface area contributed by atoms with Gasteiger partial charge in [-0.1, -0.05) is 6.07 Å². The Morgan fingerprint density at radius 2 is 2.11 bits per heavy atom. The molecule has 5 nitrogen and oxygen atoms in total. The third kappa shape index (κ3) is 1.60. The number of methoxy groups -OCH3 is 1. The van der Waals surface area contributed by atoms with Crippen molar-refractivity contribution in [2.75, 3.05) is 7.11 Å². The molecule has 18 heavy (non-hydrogen) atoms. The monoisotopic (exact) mass is 240 g/mol. The SMILES string of the molecule is COc1cnc(C)nc1-c1cnn2ccccc12. The Kier molecular flexibility index (Phi) is 2.44. The number of hydrogen-bond acceptors (Lipinski definition) is 4. The predicted octanol–water partition coefficient (Wildman–Crippen LogP) is 2.11. The number of pyridine rings is 1. The maximum absolute atomic E-state index is 5.31. The Bertz CT molecular complexity index is 705. The van der Waals surface area contributed by atoms with Crippen LogP contribution in [0.25, 0.3) is 16.8 Å². The van der Waals surface area contributed by atoms with Crippen LogP contribution in [-0.2, 0) is 0 Å². The molecule has 3 heterocycles. The van der Waals surface area contributed by atoms with Gasteiger partial charge in [0.15, 0.2) is 5.75 Å². The van der Waals surface area contributed by atoms with E-state index in [4.69, 9.17) is 4.74 Å². The third-order valence-electron chi connectivity index (χ3n) is 2.78. The lowest BCUT2D eigenvalue weighted by molar-refractivity contribution is 0.412. The number of fused-ring (bicyclic) bond motifs is 1. The van der Waals surface area contributed by atoms with Crippen LogP contribution in [0, 0.1) is 6.92 Å². The predicted molar refractivity (Wildman–Crippen MR) is 67.5 cm³/mol. The molecule has 0 unspecified atom stereocenters. The van der Waals surface area contributed by atoms with Crippen LogP contribution in [0.5, 0.6) is 5.75 Å². The van der Waals surface area contributed by atoms with Crippen molar-refractivity contribution < 1.29 is 4.74 Å². The molecular formula is C13H12N4O.